The molecule has 1 atom stereocenters. The van der Waals surface area contributed by atoms with Gasteiger partial charge in [0.05, 0.1) is 24.8 Å². The minimum atomic E-state index is -4.78. The minimum Gasteiger partial charge on any atom is -0.545 e. The maximum absolute atomic E-state index is 13.4. The van der Waals surface area contributed by atoms with Crippen molar-refractivity contribution in [2.75, 3.05) is 12.4 Å². The van der Waals surface area contributed by atoms with Crippen molar-refractivity contribution in [1.29, 1.82) is 0 Å². The molecule has 0 fully saturated rings. The Morgan fingerprint density at radius 3 is 2.65 bits per heavy atom. The van der Waals surface area contributed by atoms with Crippen LogP contribution in [0.15, 0.2) is 42.6 Å². The van der Waals surface area contributed by atoms with E-state index in [0.717, 1.165) is 23.3 Å². The number of hydrogen-bond acceptors (Lipinski definition) is 6. The van der Waals surface area contributed by atoms with Crippen molar-refractivity contribution >= 4 is 17.7 Å². The van der Waals surface area contributed by atoms with Gasteiger partial charge in [0.2, 0.25) is 5.91 Å². The molecule has 0 aliphatic carbocycles. The number of halogens is 3. The van der Waals surface area contributed by atoms with Crippen LogP contribution in [0, 0.1) is 0 Å². The molecule has 0 bridgehead atoms. The Morgan fingerprint density at radius 1 is 1.21 bits per heavy atom. The van der Waals surface area contributed by atoms with Gasteiger partial charge in [-0.15, -0.1) is 0 Å². The van der Waals surface area contributed by atoms with Crippen molar-refractivity contribution < 1.29 is 56.2 Å². The Labute approximate surface area is 203 Å². The van der Waals surface area contributed by atoms with Crippen LogP contribution in [0.5, 0.6) is 11.5 Å². The van der Waals surface area contributed by atoms with E-state index >= 15 is 0 Å². The van der Waals surface area contributed by atoms with E-state index in [1.54, 1.807) is 24.4 Å². The quantitative estimate of drug-likeness (QED) is 0.488. The van der Waals surface area contributed by atoms with Crippen LogP contribution in [0.2, 0.25) is 0 Å². The molecule has 0 radical (unpaired) electrons. The van der Waals surface area contributed by atoms with Gasteiger partial charge < -0.3 is 24.7 Å². The molecule has 0 saturated heterocycles. The van der Waals surface area contributed by atoms with Gasteiger partial charge >= 0.3 is 25.0 Å². The number of nitrogens with one attached hydrogen (secondary N) is 2. The second-order valence-corrected chi connectivity index (χ2v) is 7.36. The van der Waals surface area contributed by atoms with Gasteiger partial charge in [-0.1, -0.05) is 18.2 Å². The maximum Gasteiger partial charge on any atom is 1.00 e. The molecule has 12 heteroatoms. The van der Waals surface area contributed by atoms with Gasteiger partial charge in [0.15, 0.2) is 11.5 Å². The Hall–Kier alpha value is -3.42. The summed E-state index contributed by atoms with van der Waals surface area (Å²) in [5.41, 5.74) is -0.409. The second-order valence-electron chi connectivity index (χ2n) is 7.36. The number of methoxy groups -OCH3 is 1. The van der Waals surface area contributed by atoms with E-state index in [1.165, 1.54) is 7.11 Å². The Bertz CT molecular complexity index is 1230. The van der Waals surface area contributed by atoms with E-state index in [1.807, 2.05) is 0 Å². The number of carbonyl (C=O) groups excluding carboxylic acids is 2. The number of aromatic nitrogens is 2. The summed E-state index contributed by atoms with van der Waals surface area (Å²) < 4.78 is 51.2. The van der Waals surface area contributed by atoms with Crippen molar-refractivity contribution in [3.63, 3.8) is 0 Å². The van der Waals surface area contributed by atoms with Crippen molar-refractivity contribution in [3.05, 3.63) is 70.4 Å². The van der Waals surface area contributed by atoms with Gasteiger partial charge in [-0.25, -0.2) is 0 Å². The number of carboxylic acid groups (broad SMARTS) is 1. The average molecular weight is 467 g/mol. The number of rotatable bonds is 6. The van der Waals surface area contributed by atoms with Crippen molar-refractivity contribution in [1.82, 2.24) is 10.2 Å². The summed E-state index contributed by atoms with van der Waals surface area (Å²) in [6, 6.07) is 7.48. The van der Waals surface area contributed by atoms with Crippen molar-refractivity contribution in [2.24, 2.45) is 0 Å². The maximum atomic E-state index is 13.4. The molecule has 1 aliphatic heterocycles. The molecule has 1 amide bonds. The SMILES string of the molecule is COc1cc(C2CC(=O)Nc3[nH]ncc32)ccc1OCc1ccc(C(=O)[O-])cc1C(F)(F)F.[Li+]. The first-order valence-electron chi connectivity index (χ1n) is 9.72. The normalized spacial score (nSPS) is 15.1. The molecule has 34 heavy (non-hydrogen) atoms. The first-order chi connectivity index (χ1) is 15.7. The Morgan fingerprint density at radius 2 is 1.97 bits per heavy atom. The van der Waals surface area contributed by atoms with Crippen LogP contribution in [0.3, 0.4) is 0 Å². The molecular weight excluding hydrogens is 450 g/mol. The molecule has 3 aromatic rings. The summed E-state index contributed by atoms with van der Waals surface area (Å²) >= 11 is 0. The van der Waals surface area contributed by atoms with Gasteiger partial charge in [0.1, 0.15) is 12.4 Å². The van der Waals surface area contributed by atoms with Crippen LogP contribution in [-0.4, -0.2) is 29.2 Å². The van der Waals surface area contributed by atoms with Crippen LogP contribution in [0.25, 0.3) is 0 Å². The number of carboxylic acids is 1. The minimum absolute atomic E-state index is 0. The summed E-state index contributed by atoms with van der Waals surface area (Å²) in [5, 5.41) is 20.3. The molecule has 2 aromatic carbocycles. The topological polar surface area (TPSA) is 116 Å². The molecule has 1 aliphatic rings. The number of aromatic carboxylic acids is 1. The predicted molar refractivity (Wildman–Crippen MR) is 107 cm³/mol. The fourth-order valence-corrected chi connectivity index (χ4v) is 3.71. The van der Waals surface area contributed by atoms with Gasteiger partial charge in [-0.05, 0) is 29.3 Å². The number of hydrogen-bond donors (Lipinski definition) is 2. The second kappa shape index (κ2) is 9.83. The zero-order valence-electron chi connectivity index (χ0n) is 18.2. The van der Waals surface area contributed by atoms with E-state index in [9.17, 15) is 27.9 Å². The Kier molecular flexibility index (Phi) is 7.29. The fraction of sp³-hybridized carbons (Fsp3) is 0.227. The molecule has 1 unspecified atom stereocenters. The van der Waals surface area contributed by atoms with Crippen LogP contribution in [0.4, 0.5) is 19.0 Å². The standard InChI is InChI=1S/C22H18F3N3O5.Li/c1-32-18-7-11(14-8-19(29)27-20-15(14)9-26-28-20)4-5-17(18)33-10-13-3-2-12(21(30)31)6-16(13)22(23,24)25;/h2-7,9,14H,8,10H2,1H3,(H,30,31)(H2,26,27,28,29);/q;+1/p-1. The summed E-state index contributed by atoms with van der Waals surface area (Å²) in [6.07, 6.45) is -2.97. The summed E-state index contributed by atoms with van der Waals surface area (Å²) in [4.78, 5) is 23.0. The molecule has 1 aromatic heterocycles. The predicted octanol–water partition coefficient (Wildman–Crippen LogP) is -0.142. The van der Waals surface area contributed by atoms with Crippen LogP contribution in [0.1, 0.15) is 45.0 Å². The number of nitrogens with zero attached hydrogens (tertiary/aromatic N) is 1. The molecule has 2 heterocycles. The molecule has 0 saturated carbocycles. The zero-order chi connectivity index (χ0) is 23.8. The smallest absolute Gasteiger partial charge is 0.545 e. The third kappa shape index (κ3) is 5.05. The van der Waals surface area contributed by atoms with Gasteiger partial charge in [-0.2, -0.15) is 18.3 Å². The molecule has 0 spiro atoms. The monoisotopic (exact) mass is 467 g/mol. The summed E-state index contributed by atoms with van der Waals surface area (Å²) in [5.74, 6) is -1.22. The van der Waals surface area contributed by atoms with Gasteiger partial charge in [0, 0.05) is 23.5 Å². The number of aromatic amines is 1. The van der Waals surface area contributed by atoms with E-state index < -0.39 is 29.9 Å². The van der Waals surface area contributed by atoms with E-state index in [2.05, 4.69) is 15.5 Å². The third-order valence-corrected chi connectivity index (χ3v) is 5.32. The third-order valence-electron chi connectivity index (χ3n) is 5.32. The number of ether oxygens (including phenoxy) is 2. The van der Waals surface area contributed by atoms with E-state index in [-0.39, 0.29) is 54.2 Å². The zero-order valence-corrected chi connectivity index (χ0v) is 18.2. The van der Waals surface area contributed by atoms with Crippen molar-refractivity contribution in [3.8, 4) is 11.5 Å². The van der Waals surface area contributed by atoms with E-state index in [0.29, 0.717) is 11.9 Å². The number of H-pyrrole nitrogens is 1. The van der Waals surface area contributed by atoms with Gasteiger partial charge in [0.25, 0.3) is 0 Å². The summed E-state index contributed by atoms with van der Waals surface area (Å²) in [6.45, 7) is -0.477. The molecular formula is C22H17F3LiN3O5. The average Bonchev–Trinajstić information content (AvgIpc) is 3.24. The molecule has 2 N–H and O–H groups in total. The first-order valence-corrected chi connectivity index (χ1v) is 9.72. The van der Waals surface area contributed by atoms with Crippen LogP contribution < -0.4 is 38.8 Å². The number of anilines is 1. The first kappa shape index (κ1) is 25.2. The number of fused-ring (bicyclic) bond motifs is 1. The number of amides is 1. The molecule has 4 rings (SSSR count). The molecule has 172 valence electrons. The van der Waals surface area contributed by atoms with Crippen LogP contribution >= 0.6 is 0 Å². The number of alkyl halides is 3. The van der Waals surface area contributed by atoms with Gasteiger partial charge in [-0.3, -0.25) is 9.89 Å². The van der Waals surface area contributed by atoms with Crippen molar-refractivity contribution in [2.45, 2.75) is 25.1 Å². The number of carbonyl (C=O) groups is 2. The fourth-order valence-electron chi connectivity index (χ4n) is 3.71. The largest absolute Gasteiger partial charge is 1.00 e. The number of benzene rings is 2. The van der Waals surface area contributed by atoms with E-state index in [4.69, 9.17) is 9.47 Å². The molecule has 8 nitrogen and oxygen atoms in total. The summed E-state index contributed by atoms with van der Waals surface area (Å²) in [7, 11) is 1.39. The Balaban J connectivity index is 0.00000324. The van der Waals surface area contributed by atoms with Crippen LogP contribution in [-0.2, 0) is 17.6 Å².